The number of carboxylic acid groups (broad SMARTS) is 2. The summed E-state index contributed by atoms with van der Waals surface area (Å²) in [6.45, 7) is 0. The van der Waals surface area contributed by atoms with Gasteiger partial charge >= 0.3 is 11.9 Å². The predicted octanol–water partition coefficient (Wildman–Crippen LogP) is 4.57. The molecule has 0 spiro atoms. The number of azo groups is 1. The summed E-state index contributed by atoms with van der Waals surface area (Å²) < 4.78 is 88.1. The average molecular weight is 860 g/mol. The van der Waals surface area contributed by atoms with Crippen molar-refractivity contribution in [3.8, 4) is 5.75 Å². The van der Waals surface area contributed by atoms with Gasteiger partial charge in [0.05, 0.1) is 37.4 Å². The van der Waals surface area contributed by atoms with Gasteiger partial charge in [0.2, 0.25) is 17.7 Å². The number of amidine groups is 1. The lowest BCUT2D eigenvalue weighted by Crippen LogP contribution is -2.08. The molecule has 26 heteroatoms. The number of phenolic OH excluding ortho intramolecular Hbond substituents is 1. The molecule has 5 rings (SSSR count). The molecule has 22 nitrogen and oxygen atoms in total. The quantitative estimate of drug-likeness (QED) is 0.0102. The first-order chi connectivity index (χ1) is 26.9. The smallest absolute Gasteiger partial charge is 0.337 e. The Bertz CT molecular complexity index is 2680. The van der Waals surface area contributed by atoms with Crippen LogP contribution in [-0.4, -0.2) is 88.5 Å². The van der Waals surface area contributed by atoms with Crippen molar-refractivity contribution in [3.63, 3.8) is 0 Å². The number of carbonyl (C=O) groups is 2. The second-order valence-corrected chi connectivity index (χ2v) is 15.6. The summed E-state index contributed by atoms with van der Waals surface area (Å²) in [5.41, 5.74) is 1.01. The number of aromatic carboxylic acids is 1. The van der Waals surface area contributed by atoms with Crippen LogP contribution < -0.4 is 16.1 Å². The Balaban J connectivity index is 1.56. The van der Waals surface area contributed by atoms with Crippen LogP contribution in [0.5, 0.6) is 5.75 Å². The number of rotatable bonds is 15. The van der Waals surface area contributed by atoms with Crippen molar-refractivity contribution in [2.75, 3.05) is 21.8 Å². The first kappa shape index (κ1) is 41.7. The van der Waals surface area contributed by atoms with E-state index in [-0.39, 0.29) is 38.8 Å². The van der Waals surface area contributed by atoms with Crippen LogP contribution in [0.25, 0.3) is 0 Å². The number of carboxylic acids is 2. The minimum Gasteiger partial charge on any atom is -0.504 e. The van der Waals surface area contributed by atoms with E-state index < -0.39 is 87.4 Å². The molecule has 0 saturated carbocycles. The van der Waals surface area contributed by atoms with Gasteiger partial charge in [-0.25, -0.2) is 9.00 Å². The molecule has 9 N–H and O–H groups in total. The largest absolute Gasteiger partial charge is 0.504 e. The summed E-state index contributed by atoms with van der Waals surface area (Å²) in [5, 5.41) is 47.2. The van der Waals surface area contributed by atoms with Crippen molar-refractivity contribution in [1.29, 1.82) is 0 Å². The van der Waals surface area contributed by atoms with Crippen LogP contribution in [0, 0.1) is 0 Å². The highest BCUT2D eigenvalue weighted by Crippen LogP contribution is 2.39. The van der Waals surface area contributed by atoms with Crippen LogP contribution in [0.15, 0.2) is 120 Å². The number of benzene rings is 4. The Labute approximate surface area is 327 Å². The van der Waals surface area contributed by atoms with Crippen molar-refractivity contribution >= 4 is 95.5 Å². The van der Waals surface area contributed by atoms with E-state index >= 15 is 0 Å². The molecular weight excluding hydrogens is 835 g/mol. The normalized spacial score (nSPS) is 12.6. The van der Waals surface area contributed by atoms with E-state index in [2.05, 4.69) is 46.3 Å². The third-order valence-electron chi connectivity index (χ3n) is 6.93. The van der Waals surface area contributed by atoms with Gasteiger partial charge in [0, 0.05) is 11.3 Å². The summed E-state index contributed by atoms with van der Waals surface area (Å²) in [7, 11) is -9.76. The molecule has 0 fully saturated rings. The summed E-state index contributed by atoms with van der Waals surface area (Å²) in [6.07, 6.45) is 0. The van der Waals surface area contributed by atoms with E-state index in [1.54, 1.807) is 18.2 Å². The van der Waals surface area contributed by atoms with Crippen LogP contribution in [0.2, 0.25) is 0 Å². The minimum atomic E-state index is -5.00. The number of nitrogens with zero attached hydrogens (tertiary/aromatic N) is 6. The highest BCUT2D eigenvalue weighted by Gasteiger charge is 2.21. The maximum atomic E-state index is 12.3. The molecule has 0 radical (unpaired) electrons. The molecule has 57 heavy (non-hydrogen) atoms. The molecule has 4 aromatic carbocycles. The van der Waals surface area contributed by atoms with E-state index in [1.807, 2.05) is 0 Å². The number of anilines is 5. The van der Waals surface area contributed by atoms with Gasteiger partial charge in [-0.2, -0.15) is 36.9 Å². The highest BCUT2D eigenvalue weighted by molar-refractivity contribution is 7.99. The van der Waals surface area contributed by atoms with Gasteiger partial charge in [0.1, 0.15) is 5.69 Å². The number of phenols is 1. The van der Waals surface area contributed by atoms with Crippen LogP contribution >= 0.6 is 11.8 Å². The number of aliphatic carboxylic acids is 1. The lowest BCUT2D eigenvalue weighted by molar-refractivity contribution is -0.133. The number of nitrogens with one attached hydrogen (secondary N) is 3. The Morgan fingerprint density at radius 3 is 2.11 bits per heavy atom. The SMILES string of the molecule is O=C(O)CSc1nc(Nc2cccc(S(=O)O)c2)nc(Nc2cc(S(=O)(=O)O)cc(N=N/C(=N\Nc3ccc(S(=O)(=O)O)cc3C(=O)O)c3ccccc3)c2O)n1. The molecule has 0 saturated heterocycles. The molecule has 1 heterocycles. The van der Waals surface area contributed by atoms with Gasteiger partial charge in [0.25, 0.3) is 20.2 Å². The summed E-state index contributed by atoms with van der Waals surface area (Å²) in [5.74, 6) is -4.99. The first-order valence-electron chi connectivity index (χ1n) is 15.2. The van der Waals surface area contributed by atoms with Crippen molar-refractivity contribution in [1.82, 2.24) is 15.0 Å². The van der Waals surface area contributed by atoms with Crippen molar-refractivity contribution in [3.05, 3.63) is 96.1 Å². The van der Waals surface area contributed by atoms with Crippen molar-refractivity contribution in [2.24, 2.45) is 15.3 Å². The van der Waals surface area contributed by atoms with Gasteiger partial charge < -0.3 is 30.5 Å². The fourth-order valence-corrected chi connectivity index (χ4v) is 6.42. The van der Waals surface area contributed by atoms with Crippen LogP contribution in [0.1, 0.15) is 15.9 Å². The second-order valence-electron chi connectivity index (χ2n) is 10.9. The molecule has 0 aliphatic rings. The minimum absolute atomic E-state index is 0.0251. The number of hydrogen-bond donors (Lipinski definition) is 9. The number of hydrogen-bond acceptors (Lipinski definition) is 17. The standard InChI is InChI=1S/C31H25N9O13S4/c41-25(42)15-54-31-35-29(32-17-7-4-8-18(11-17)55(46)47)34-30(36-31)33-23-13-20(57(51,52)53)14-24(26(23)43)38-40-27(16-5-2-1-3-6-16)39-37-22-10-9-19(56(48,49)50)12-21(22)28(44)45/h1-14,37,43H,15H2,(H,41,42)(H,44,45)(H,46,47)(H,48,49,50)(H,51,52,53)(H2,32,33,34,35,36)/b39-27-,40-38?. The molecule has 5 aromatic rings. The van der Waals surface area contributed by atoms with E-state index in [1.165, 1.54) is 36.4 Å². The zero-order valence-electron chi connectivity index (χ0n) is 28.1. The van der Waals surface area contributed by atoms with Crippen molar-refractivity contribution in [2.45, 2.75) is 19.8 Å². The van der Waals surface area contributed by atoms with Crippen molar-refractivity contribution < 1.29 is 59.6 Å². The van der Waals surface area contributed by atoms with Gasteiger partial charge in [-0.3, -0.25) is 19.3 Å². The Hall–Kier alpha value is -6.42. The Kier molecular flexibility index (Phi) is 12.9. The van der Waals surface area contributed by atoms with Gasteiger partial charge in [-0.1, -0.05) is 48.2 Å². The highest BCUT2D eigenvalue weighted by atomic mass is 32.2. The number of aromatic hydroxyl groups is 1. The first-order valence-corrected chi connectivity index (χ1v) is 20.2. The topological polar surface area (TPSA) is 353 Å². The number of thioether (sulfide) groups is 1. The maximum Gasteiger partial charge on any atom is 0.337 e. The second kappa shape index (κ2) is 17.6. The molecule has 0 aliphatic carbocycles. The Morgan fingerprint density at radius 1 is 0.789 bits per heavy atom. The van der Waals surface area contributed by atoms with E-state index in [0.29, 0.717) is 17.8 Å². The zero-order chi connectivity index (χ0) is 41.5. The lowest BCUT2D eigenvalue weighted by Gasteiger charge is -2.13. The molecule has 0 bridgehead atoms. The van der Waals surface area contributed by atoms with E-state index in [9.17, 15) is 59.6 Å². The number of aromatic nitrogens is 3. The van der Waals surface area contributed by atoms with Gasteiger partial charge in [-0.05, 0) is 48.5 Å². The molecule has 0 amide bonds. The monoisotopic (exact) mass is 859 g/mol. The summed E-state index contributed by atoms with van der Waals surface area (Å²) in [4.78, 5) is 34.0. The van der Waals surface area contributed by atoms with Gasteiger partial charge in [-0.15, -0.1) is 10.2 Å². The average Bonchev–Trinajstić information content (AvgIpc) is 3.14. The molecule has 296 valence electrons. The maximum absolute atomic E-state index is 12.3. The molecule has 1 atom stereocenters. The Morgan fingerprint density at radius 2 is 1.47 bits per heavy atom. The van der Waals surface area contributed by atoms with E-state index in [0.717, 1.165) is 24.3 Å². The third kappa shape index (κ3) is 11.3. The van der Waals surface area contributed by atoms with Crippen LogP contribution in [0.3, 0.4) is 0 Å². The third-order valence-corrected chi connectivity index (χ3v) is 10.1. The van der Waals surface area contributed by atoms with Gasteiger partial charge in [0.15, 0.2) is 22.0 Å². The zero-order valence-corrected chi connectivity index (χ0v) is 31.4. The molecular formula is C31H25N9O13S4. The van der Waals surface area contributed by atoms with E-state index in [4.69, 9.17) is 0 Å². The fourth-order valence-electron chi connectivity index (χ4n) is 4.41. The molecule has 0 aliphatic heterocycles. The molecule has 1 unspecified atom stereocenters. The predicted molar refractivity (Wildman–Crippen MR) is 202 cm³/mol. The fraction of sp³-hybridized carbons (Fsp3) is 0.0323. The van der Waals surface area contributed by atoms with Crippen LogP contribution in [0.4, 0.5) is 34.6 Å². The van der Waals surface area contributed by atoms with Crippen LogP contribution in [-0.2, 0) is 36.1 Å². The summed E-state index contributed by atoms with van der Waals surface area (Å²) >= 11 is -1.67. The number of hydrazone groups is 1. The molecule has 1 aromatic heterocycles. The summed E-state index contributed by atoms with van der Waals surface area (Å²) in [6, 6.07) is 17.6. The lowest BCUT2D eigenvalue weighted by atomic mass is 10.2.